The van der Waals surface area contributed by atoms with Crippen LogP contribution in [0.25, 0.3) is 0 Å². The number of benzene rings is 2. The molecule has 1 unspecified atom stereocenters. The Morgan fingerprint density at radius 2 is 1.66 bits per heavy atom. The molecule has 0 radical (unpaired) electrons. The van der Waals surface area contributed by atoms with Gasteiger partial charge in [0, 0.05) is 31.4 Å². The summed E-state index contributed by atoms with van der Waals surface area (Å²) in [5.74, 6) is 2.60. The number of ether oxygens (including phenoxy) is 5. The Kier molecular flexibility index (Phi) is 10.9. The van der Waals surface area contributed by atoms with E-state index in [1.807, 2.05) is 62.2 Å². The maximum Gasteiger partial charge on any atom is 0.410 e. The molecule has 0 aliphatic carbocycles. The molecular formula is C35H49N3O6. The van der Waals surface area contributed by atoms with Crippen LogP contribution < -0.4 is 29.2 Å². The van der Waals surface area contributed by atoms with Crippen LogP contribution in [-0.2, 0) is 10.3 Å². The normalized spacial score (nSPS) is 18.4. The molecule has 1 atom stereocenters. The van der Waals surface area contributed by atoms with Gasteiger partial charge in [-0.25, -0.2) is 4.79 Å². The molecule has 1 amide bonds. The number of allylic oxidation sites excluding steroid dienone is 2. The maximum absolute atomic E-state index is 12.8. The molecule has 9 nitrogen and oxygen atoms in total. The van der Waals surface area contributed by atoms with E-state index in [4.69, 9.17) is 23.7 Å². The van der Waals surface area contributed by atoms with Gasteiger partial charge in [-0.1, -0.05) is 25.5 Å². The molecular weight excluding hydrogens is 558 g/mol. The van der Waals surface area contributed by atoms with E-state index in [2.05, 4.69) is 41.4 Å². The molecule has 1 saturated heterocycles. The van der Waals surface area contributed by atoms with Crippen molar-refractivity contribution in [3.05, 3.63) is 66.4 Å². The number of likely N-dealkylation sites (tertiary alicyclic amines) is 1. The van der Waals surface area contributed by atoms with Crippen LogP contribution >= 0.6 is 0 Å². The summed E-state index contributed by atoms with van der Waals surface area (Å²) in [4.78, 5) is 17.1. The molecule has 240 valence electrons. The smallest absolute Gasteiger partial charge is 0.410 e. The minimum atomic E-state index is -0.611. The van der Waals surface area contributed by atoms with E-state index in [1.165, 1.54) is 0 Å². The fourth-order valence-electron chi connectivity index (χ4n) is 5.68. The van der Waals surface area contributed by atoms with Gasteiger partial charge in [-0.05, 0) is 94.3 Å². The first-order valence-electron chi connectivity index (χ1n) is 15.5. The maximum atomic E-state index is 12.8. The average molecular weight is 608 g/mol. The second-order valence-electron chi connectivity index (χ2n) is 12.3. The summed E-state index contributed by atoms with van der Waals surface area (Å²) in [5.41, 5.74) is 0.920. The number of methoxy groups -OCH3 is 3. The zero-order valence-corrected chi connectivity index (χ0v) is 27.4. The van der Waals surface area contributed by atoms with E-state index < -0.39 is 11.1 Å². The van der Waals surface area contributed by atoms with Gasteiger partial charge in [0.05, 0.1) is 33.5 Å². The molecule has 0 aromatic heterocycles. The number of amides is 1. The predicted octanol–water partition coefficient (Wildman–Crippen LogP) is 6.67. The number of carbonyl (C=O) groups is 1. The highest BCUT2D eigenvalue weighted by atomic mass is 16.6. The Hall–Kier alpha value is -4.01. The fraction of sp³-hybridized carbons (Fsp3) is 0.514. The lowest BCUT2D eigenvalue weighted by atomic mass is 9.85. The summed E-state index contributed by atoms with van der Waals surface area (Å²) >= 11 is 0. The number of nitrogens with zero attached hydrogens (tertiary/aromatic N) is 2. The number of unbranched alkanes of at least 4 members (excludes halogenated alkanes) is 1. The number of piperidine rings is 1. The second kappa shape index (κ2) is 14.6. The summed E-state index contributed by atoms with van der Waals surface area (Å²) in [6.45, 7) is 10.4. The van der Waals surface area contributed by atoms with E-state index >= 15 is 0 Å². The van der Waals surface area contributed by atoms with Gasteiger partial charge in [0.25, 0.3) is 0 Å². The third kappa shape index (κ3) is 7.92. The van der Waals surface area contributed by atoms with Crippen LogP contribution in [-0.4, -0.2) is 70.2 Å². The van der Waals surface area contributed by atoms with Gasteiger partial charge in [0.15, 0.2) is 11.5 Å². The SMILES string of the molecule is CCCCOc1ccc(N(CC2(c3cc(OC)c(OC)c(OC)c3)C=CC=CN2)C2CCN(C(=O)OC(C)(C)C)CC2)cc1. The van der Waals surface area contributed by atoms with Gasteiger partial charge in [-0.15, -0.1) is 0 Å². The van der Waals surface area contributed by atoms with E-state index in [0.717, 1.165) is 42.7 Å². The Morgan fingerprint density at radius 1 is 1.00 bits per heavy atom. The Labute approximate surface area is 262 Å². The molecule has 4 rings (SSSR count). The van der Waals surface area contributed by atoms with Crippen LogP contribution in [0.5, 0.6) is 23.0 Å². The molecule has 9 heteroatoms. The molecule has 2 heterocycles. The number of anilines is 1. The van der Waals surface area contributed by atoms with Crippen molar-refractivity contribution < 1.29 is 28.5 Å². The Bertz CT molecular complexity index is 1270. The highest BCUT2D eigenvalue weighted by Crippen LogP contribution is 2.43. The Morgan fingerprint density at radius 3 is 2.18 bits per heavy atom. The van der Waals surface area contributed by atoms with Crippen LogP contribution in [0.4, 0.5) is 10.5 Å². The molecule has 44 heavy (non-hydrogen) atoms. The average Bonchev–Trinajstić information content (AvgIpc) is 3.03. The van der Waals surface area contributed by atoms with Crippen molar-refractivity contribution in [3.8, 4) is 23.0 Å². The molecule has 1 N–H and O–H groups in total. The molecule has 1 fully saturated rings. The van der Waals surface area contributed by atoms with Crippen molar-refractivity contribution in [2.45, 2.75) is 70.6 Å². The molecule has 0 spiro atoms. The molecule has 2 aromatic carbocycles. The lowest BCUT2D eigenvalue weighted by molar-refractivity contribution is 0.0204. The van der Waals surface area contributed by atoms with Crippen molar-refractivity contribution in [2.75, 3.05) is 52.5 Å². The van der Waals surface area contributed by atoms with Crippen molar-refractivity contribution in [1.82, 2.24) is 10.2 Å². The van der Waals surface area contributed by atoms with E-state index in [-0.39, 0.29) is 12.1 Å². The summed E-state index contributed by atoms with van der Waals surface area (Å²) in [6.07, 6.45) is 11.7. The summed E-state index contributed by atoms with van der Waals surface area (Å²) in [7, 11) is 4.87. The zero-order chi connectivity index (χ0) is 31.7. The van der Waals surface area contributed by atoms with Crippen molar-refractivity contribution in [3.63, 3.8) is 0 Å². The highest BCUT2D eigenvalue weighted by Gasteiger charge is 2.38. The first-order valence-corrected chi connectivity index (χ1v) is 15.5. The van der Waals surface area contributed by atoms with Gasteiger partial charge in [-0.2, -0.15) is 0 Å². The first kappa shape index (κ1) is 32.9. The summed E-state index contributed by atoms with van der Waals surface area (Å²) < 4.78 is 28.7. The zero-order valence-electron chi connectivity index (χ0n) is 27.4. The van der Waals surface area contributed by atoms with Gasteiger partial charge in [-0.3, -0.25) is 0 Å². The fourth-order valence-corrected chi connectivity index (χ4v) is 5.68. The lowest BCUT2D eigenvalue weighted by Gasteiger charge is -2.45. The monoisotopic (exact) mass is 607 g/mol. The third-order valence-electron chi connectivity index (χ3n) is 8.02. The van der Waals surface area contributed by atoms with Crippen LogP contribution in [0.1, 0.15) is 58.9 Å². The molecule has 0 saturated carbocycles. The quantitative estimate of drug-likeness (QED) is 0.268. The first-order chi connectivity index (χ1) is 21.1. The molecule has 2 aliphatic heterocycles. The number of hydrogen-bond donors (Lipinski definition) is 1. The minimum Gasteiger partial charge on any atom is -0.494 e. The lowest BCUT2D eigenvalue weighted by Crippen LogP contribution is -2.54. The van der Waals surface area contributed by atoms with Gasteiger partial charge >= 0.3 is 6.09 Å². The summed E-state index contributed by atoms with van der Waals surface area (Å²) in [5, 5.41) is 3.66. The predicted molar refractivity (Wildman–Crippen MR) is 174 cm³/mol. The number of hydrogen-bond acceptors (Lipinski definition) is 8. The molecule has 2 aliphatic rings. The largest absolute Gasteiger partial charge is 0.494 e. The van der Waals surface area contributed by atoms with Crippen LogP contribution in [0, 0.1) is 0 Å². The number of dihydropyridines is 1. The van der Waals surface area contributed by atoms with Crippen molar-refractivity contribution in [1.29, 1.82) is 0 Å². The van der Waals surface area contributed by atoms with E-state index in [0.29, 0.717) is 43.5 Å². The number of nitrogens with one attached hydrogen (secondary N) is 1. The van der Waals surface area contributed by atoms with Crippen molar-refractivity contribution in [2.24, 2.45) is 0 Å². The Balaban J connectivity index is 1.68. The van der Waals surface area contributed by atoms with Crippen molar-refractivity contribution >= 4 is 11.8 Å². The number of rotatable bonds is 12. The summed E-state index contributed by atoms with van der Waals surface area (Å²) in [6, 6.07) is 12.5. The standard InChI is InChI=1S/C35H49N3O6/c1-8-9-22-43-29-14-12-27(13-15-29)38(28-16-20-37(21-17-28)33(39)44-34(2,3)4)25-35(18-10-11-19-36-35)26-23-30(40-5)32(42-7)31(24-26)41-6/h10-15,18-19,23-24,28,36H,8-9,16-17,20-22,25H2,1-7H3. The van der Waals surface area contributed by atoms with Crippen LogP contribution in [0.3, 0.4) is 0 Å². The molecule has 0 bridgehead atoms. The number of carbonyl (C=O) groups excluding carboxylic acids is 1. The van der Waals surface area contributed by atoms with Crippen LogP contribution in [0.15, 0.2) is 60.8 Å². The van der Waals surface area contributed by atoms with E-state index in [9.17, 15) is 4.79 Å². The van der Waals surface area contributed by atoms with Gasteiger partial charge < -0.3 is 38.8 Å². The minimum absolute atomic E-state index is 0.181. The molecule has 2 aromatic rings. The van der Waals surface area contributed by atoms with Gasteiger partial charge in [0.1, 0.15) is 11.4 Å². The van der Waals surface area contributed by atoms with Gasteiger partial charge in [0.2, 0.25) is 5.75 Å². The highest BCUT2D eigenvalue weighted by molar-refractivity contribution is 5.68. The van der Waals surface area contributed by atoms with E-state index in [1.54, 1.807) is 21.3 Å². The third-order valence-corrected chi connectivity index (χ3v) is 8.02. The topological polar surface area (TPSA) is 81.7 Å². The second-order valence-corrected chi connectivity index (χ2v) is 12.3. The van der Waals surface area contributed by atoms with Crippen LogP contribution in [0.2, 0.25) is 0 Å².